The fraction of sp³-hybridized carbons (Fsp3) is 0.318. The Morgan fingerprint density at radius 3 is 2.32 bits per heavy atom. The molecule has 0 aliphatic carbocycles. The Morgan fingerprint density at radius 2 is 1.68 bits per heavy atom. The first-order chi connectivity index (χ1) is 13.4. The molecule has 2 fully saturated rings. The Bertz CT molecular complexity index is 1160. The molecule has 3 N–H and O–H groups in total. The van der Waals surface area contributed by atoms with E-state index in [-0.39, 0.29) is 16.4 Å². The zero-order valence-electron chi connectivity index (χ0n) is 15.4. The molecule has 0 spiro atoms. The van der Waals surface area contributed by atoms with Crippen LogP contribution >= 0.6 is 0 Å². The van der Waals surface area contributed by atoms with Crippen LogP contribution in [-0.4, -0.2) is 29.8 Å². The van der Waals surface area contributed by atoms with Crippen molar-refractivity contribution in [3.63, 3.8) is 0 Å². The maximum atomic E-state index is 12.5. The quantitative estimate of drug-likeness (QED) is 0.708. The van der Waals surface area contributed by atoms with Crippen LogP contribution in [0.4, 0.5) is 0 Å². The summed E-state index contributed by atoms with van der Waals surface area (Å²) in [7, 11) is -2.96. The van der Waals surface area contributed by atoms with Gasteiger partial charge >= 0.3 is 0 Å². The normalized spacial score (nSPS) is 25.8. The molecule has 0 radical (unpaired) electrons. The molecule has 2 saturated heterocycles. The number of nitrogens with one attached hydrogen (secondary N) is 1. The van der Waals surface area contributed by atoms with Crippen molar-refractivity contribution in [2.45, 2.75) is 42.1 Å². The Kier molecular flexibility index (Phi) is 3.88. The number of fused-ring (bicyclic) bond motifs is 3. The van der Waals surface area contributed by atoms with E-state index in [1.165, 1.54) is 0 Å². The Morgan fingerprint density at radius 1 is 1.00 bits per heavy atom. The molecule has 0 saturated carbocycles. The van der Waals surface area contributed by atoms with E-state index < -0.39 is 15.7 Å². The van der Waals surface area contributed by atoms with Crippen molar-refractivity contribution in [1.29, 1.82) is 0 Å². The maximum Gasteiger partial charge on any atom is 0.250 e. The van der Waals surface area contributed by atoms with Gasteiger partial charge in [-0.2, -0.15) is 0 Å². The van der Waals surface area contributed by atoms with E-state index in [0.717, 1.165) is 40.4 Å². The minimum absolute atomic E-state index is 0.182. The fourth-order valence-corrected chi connectivity index (χ4v) is 7.52. The van der Waals surface area contributed by atoms with Crippen molar-refractivity contribution < 1.29 is 13.2 Å². The summed E-state index contributed by atoms with van der Waals surface area (Å²) >= 11 is 0. The molecule has 2 aromatic carbocycles. The van der Waals surface area contributed by atoms with Crippen LogP contribution in [0.25, 0.3) is 22.0 Å². The van der Waals surface area contributed by atoms with Gasteiger partial charge in [-0.15, -0.1) is 0 Å². The monoisotopic (exact) mass is 394 g/mol. The van der Waals surface area contributed by atoms with Gasteiger partial charge < -0.3 is 10.7 Å². The maximum absolute atomic E-state index is 12.5. The number of sulfone groups is 1. The van der Waals surface area contributed by atoms with Crippen LogP contribution in [0.2, 0.25) is 0 Å². The molecule has 2 aliphatic heterocycles. The molecule has 2 unspecified atom stereocenters. The summed E-state index contributed by atoms with van der Waals surface area (Å²) in [4.78, 5) is 15.3. The average Bonchev–Trinajstić information content (AvgIpc) is 3.12. The molecule has 1 amide bonds. The number of amides is 1. The summed E-state index contributed by atoms with van der Waals surface area (Å²) < 4.78 is 24.9. The lowest BCUT2D eigenvalue weighted by Gasteiger charge is -2.28. The van der Waals surface area contributed by atoms with Gasteiger partial charge in [-0.25, -0.2) is 8.42 Å². The van der Waals surface area contributed by atoms with E-state index >= 15 is 0 Å². The minimum atomic E-state index is -2.96. The van der Waals surface area contributed by atoms with E-state index in [0.29, 0.717) is 18.4 Å². The molecule has 28 heavy (non-hydrogen) atoms. The van der Waals surface area contributed by atoms with E-state index in [1.807, 2.05) is 42.6 Å². The number of primary amides is 1. The largest absolute Gasteiger partial charge is 0.366 e. The van der Waals surface area contributed by atoms with Gasteiger partial charge in [0.25, 0.3) is 5.91 Å². The molecule has 3 aromatic rings. The van der Waals surface area contributed by atoms with Crippen LogP contribution in [0, 0.1) is 0 Å². The standard InChI is InChI=1S/C22H22N2O3S/c23-22(25)19-11-14(13-4-2-1-3-5-13)10-18-20(12-24-21(18)19)15-8-16-6-7-17(9-15)28(16,26)27/h1-5,10-12,15-17,24H,6-9H2,(H2,23,25). The van der Waals surface area contributed by atoms with Crippen molar-refractivity contribution >= 4 is 26.6 Å². The molecule has 5 nitrogen and oxygen atoms in total. The van der Waals surface area contributed by atoms with Crippen molar-refractivity contribution in [2.24, 2.45) is 5.73 Å². The van der Waals surface area contributed by atoms with Gasteiger partial charge in [0.1, 0.15) is 0 Å². The molecule has 5 rings (SSSR count). The van der Waals surface area contributed by atoms with Crippen molar-refractivity contribution in [3.05, 3.63) is 59.8 Å². The number of H-pyrrole nitrogens is 1. The second-order valence-corrected chi connectivity index (χ2v) is 10.5. The van der Waals surface area contributed by atoms with Gasteiger partial charge in [0.15, 0.2) is 9.84 Å². The first kappa shape index (κ1) is 17.5. The highest BCUT2D eigenvalue weighted by Gasteiger charge is 2.47. The summed E-state index contributed by atoms with van der Waals surface area (Å²) in [5.41, 5.74) is 9.93. The Hall–Kier alpha value is -2.60. The lowest BCUT2D eigenvalue weighted by atomic mass is 9.89. The first-order valence-corrected chi connectivity index (χ1v) is 11.3. The van der Waals surface area contributed by atoms with Gasteiger partial charge in [-0.05, 0) is 60.4 Å². The van der Waals surface area contributed by atoms with Crippen LogP contribution in [0.15, 0.2) is 48.7 Å². The highest BCUT2D eigenvalue weighted by molar-refractivity contribution is 7.93. The molecule has 2 aliphatic rings. The van der Waals surface area contributed by atoms with E-state index in [9.17, 15) is 13.2 Å². The second kappa shape index (κ2) is 6.21. The topological polar surface area (TPSA) is 93.0 Å². The summed E-state index contributed by atoms with van der Waals surface area (Å²) in [5, 5.41) is 0.516. The molecule has 6 heteroatoms. The number of hydrogen-bond acceptors (Lipinski definition) is 3. The van der Waals surface area contributed by atoms with Gasteiger partial charge in [0, 0.05) is 11.6 Å². The third-order valence-corrected chi connectivity index (χ3v) is 9.18. The predicted molar refractivity (Wildman–Crippen MR) is 110 cm³/mol. The number of aromatic amines is 1. The van der Waals surface area contributed by atoms with Gasteiger partial charge in [-0.3, -0.25) is 4.79 Å². The Balaban J connectivity index is 1.65. The van der Waals surface area contributed by atoms with Crippen LogP contribution in [0.5, 0.6) is 0 Å². The summed E-state index contributed by atoms with van der Waals surface area (Å²) in [5.74, 6) is -0.288. The van der Waals surface area contributed by atoms with Crippen molar-refractivity contribution in [3.8, 4) is 11.1 Å². The van der Waals surface area contributed by atoms with Crippen LogP contribution in [0.3, 0.4) is 0 Å². The van der Waals surface area contributed by atoms with Crippen molar-refractivity contribution in [1.82, 2.24) is 4.98 Å². The number of nitrogens with two attached hydrogens (primary N) is 1. The molecule has 1 aromatic heterocycles. The highest BCUT2D eigenvalue weighted by atomic mass is 32.2. The number of rotatable bonds is 3. The number of benzene rings is 2. The molecule has 3 heterocycles. The first-order valence-electron chi connectivity index (χ1n) is 9.68. The van der Waals surface area contributed by atoms with E-state index in [4.69, 9.17) is 5.73 Å². The summed E-state index contributed by atoms with van der Waals surface area (Å²) in [6.45, 7) is 0. The SMILES string of the molecule is NC(=O)c1cc(-c2ccccc2)cc2c(C3CC4CCC(C3)S4(=O)=O)c[nH]c12. The number of hydrogen-bond donors (Lipinski definition) is 2. The fourth-order valence-electron chi connectivity index (χ4n) is 5.04. The average molecular weight is 394 g/mol. The lowest BCUT2D eigenvalue weighted by Crippen LogP contribution is -2.31. The Labute approximate surface area is 163 Å². The van der Waals surface area contributed by atoms with E-state index in [1.54, 1.807) is 0 Å². The molecular weight excluding hydrogens is 372 g/mol. The van der Waals surface area contributed by atoms with Crippen molar-refractivity contribution in [2.75, 3.05) is 0 Å². The van der Waals surface area contributed by atoms with Gasteiger partial charge in [-0.1, -0.05) is 30.3 Å². The van der Waals surface area contributed by atoms with Crippen LogP contribution in [0.1, 0.15) is 47.5 Å². The molecule has 2 atom stereocenters. The smallest absolute Gasteiger partial charge is 0.250 e. The van der Waals surface area contributed by atoms with E-state index in [2.05, 4.69) is 11.1 Å². The molecular formula is C22H22N2O3S. The van der Waals surface area contributed by atoms with Crippen LogP contribution < -0.4 is 5.73 Å². The zero-order chi connectivity index (χ0) is 19.5. The van der Waals surface area contributed by atoms with Crippen LogP contribution in [-0.2, 0) is 9.84 Å². The van der Waals surface area contributed by atoms with Gasteiger partial charge in [0.05, 0.1) is 21.6 Å². The number of aromatic nitrogens is 1. The zero-order valence-corrected chi connectivity index (χ0v) is 16.2. The number of carbonyl (C=O) groups is 1. The third-order valence-electron chi connectivity index (χ3n) is 6.47. The highest BCUT2D eigenvalue weighted by Crippen LogP contribution is 2.47. The second-order valence-electron chi connectivity index (χ2n) is 8.00. The minimum Gasteiger partial charge on any atom is -0.366 e. The predicted octanol–water partition coefficient (Wildman–Crippen LogP) is 3.76. The van der Waals surface area contributed by atoms with Gasteiger partial charge in [0.2, 0.25) is 0 Å². The lowest BCUT2D eigenvalue weighted by molar-refractivity contribution is 0.100. The number of carbonyl (C=O) groups excluding carboxylic acids is 1. The summed E-state index contributed by atoms with van der Waals surface area (Å²) in [6, 6.07) is 13.8. The molecule has 144 valence electrons. The molecule has 2 bridgehead atoms. The third kappa shape index (κ3) is 2.58. The summed E-state index contributed by atoms with van der Waals surface area (Å²) in [6.07, 6.45) is 4.80.